The van der Waals surface area contributed by atoms with E-state index < -0.39 is 0 Å². The maximum absolute atomic E-state index is 11.3. The van der Waals surface area contributed by atoms with E-state index in [1.807, 2.05) is 14.0 Å². The van der Waals surface area contributed by atoms with E-state index in [9.17, 15) is 4.79 Å². The maximum atomic E-state index is 11.3. The Morgan fingerprint density at radius 2 is 2.18 bits per heavy atom. The molecule has 0 bridgehead atoms. The van der Waals surface area contributed by atoms with Gasteiger partial charge in [0.15, 0.2) is 0 Å². The number of carbonyl (C=O) groups is 1. The number of unbranched alkanes of at least 4 members (excludes halogenated alkanes) is 1. The van der Waals surface area contributed by atoms with Crippen LogP contribution in [0.2, 0.25) is 0 Å². The van der Waals surface area contributed by atoms with Crippen molar-refractivity contribution >= 4 is 5.78 Å². The van der Waals surface area contributed by atoms with Crippen molar-refractivity contribution in [2.75, 3.05) is 13.6 Å². The molecule has 2 nitrogen and oxygen atoms in total. The lowest BCUT2D eigenvalue weighted by molar-refractivity contribution is -0.122. The van der Waals surface area contributed by atoms with Crippen molar-refractivity contribution in [1.29, 1.82) is 0 Å². The fourth-order valence-electron chi connectivity index (χ4n) is 1.02. The minimum Gasteiger partial charge on any atom is -0.319 e. The van der Waals surface area contributed by atoms with Crippen LogP contribution in [0.3, 0.4) is 0 Å². The van der Waals surface area contributed by atoms with Crippen molar-refractivity contribution in [3.63, 3.8) is 0 Å². The van der Waals surface area contributed by atoms with Gasteiger partial charge in [-0.05, 0) is 13.5 Å². The number of hydrogen-bond donors (Lipinski definition) is 1. The largest absolute Gasteiger partial charge is 0.319 e. The summed E-state index contributed by atoms with van der Waals surface area (Å²) in [5.41, 5.74) is 0. The molecule has 0 aromatic heterocycles. The summed E-state index contributed by atoms with van der Waals surface area (Å²) in [6.45, 7) is 4.90. The molecule has 0 radical (unpaired) electrons. The molecule has 11 heavy (non-hydrogen) atoms. The molecule has 0 rings (SSSR count). The average molecular weight is 157 g/mol. The third-order valence-electron chi connectivity index (χ3n) is 1.84. The normalized spacial score (nSPS) is 13.0. The highest BCUT2D eigenvalue weighted by Crippen LogP contribution is 2.03. The van der Waals surface area contributed by atoms with Crippen molar-refractivity contribution in [2.24, 2.45) is 5.92 Å². The molecule has 0 spiro atoms. The smallest absolute Gasteiger partial charge is 0.136 e. The Bertz CT molecular complexity index is 112. The number of hydrogen-bond acceptors (Lipinski definition) is 2. The highest BCUT2D eigenvalue weighted by Gasteiger charge is 2.09. The summed E-state index contributed by atoms with van der Waals surface area (Å²) in [7, 11) is 1.88. The predicted molar refractivity (Wildman–Crippen MR) is 47.6 cm³/mol. The molecule has 0 aliphatic heterocycles. The molecule has 0 saturated carbocycles. The minimum atomic E-state index is 0.187. The molecule has 0 aromatic rings. The van der Waals surface area contributed by atoms with Gasteiger partial charge in [0.2, 0.25) is 0 Å². The van der Waals surface area contributed by atoms with Crippen LogP contribution in [-0.2, 0) is 4.79 Å². The topological polar surface area (TPSA) is 29.1 Å². The van der Waals surface area contributed by atoms with Crippen molar-refractivity contribution in [3.05, 3.63) is 0 Å². The summed E-state index contributed by atoms with van der Waals surface area (Å²) < 4.78 is 0. The highest BCUT2D eigenvalue weighted by molar-refractivity contribution is 5.80. The molecule has 1 N–H and O–H groups in total. The molecular weight excluding hydrogens is 138 g/mol. The van der Waals surface area contributed by atoms with E-state index in [0.717, 1.165) is 25.8 Å². The summed E-state index contributed by atoms with van der Waals surface area (Å²) in [4.78, 5) is 11.3. The van der Waals surface area contributed by atoms with E-state index in [1.54, 1.807) is 0 Å². The number of Topliss-reactive ketones (excluding diaryl/α,β-unsaturated/α-hetero) is 1. The van der Waals surface area contributed by atoms with E-state index in [0.29, 0.717) is 5.78 Å². The zero-order chi connectivity index (χ0) is 8.69. The monoisotopic (exact) mass is 157 g/mol. The third kappa shape index (κ3) is 4.96. The van der Waals surface area contributed by atoms with Gasteiger partial charge in [0, 0.05) is 18.9 Å². The van der Waals surface area contributed by atoms with Gasteiger partial charge >= 0.3 is 0 Å². The van der Waals surface area contributed by atoms with Gasteiger partial charge in [-0.15, -0.1) is 0 Å². The molecule has 1 atom stereocenters. The van der Waals surface area contributed by atoms with Crippen LogP contribution >= 0.6 is 0 Å². The quantitative estimate of drug-likeness (QED) is 0.634. The first-order valence-corrected chi connectivity index (χ1v) is 4.39. The second-order valence-electron chi connectivity index (χ2n) is 3.03. The second-order valence-corrected chi connectivity index (χ2v) is 3.03. The van der Waals surface area contributed by atoms with Crippen LogP contribution in [0.1, 0.15) is 33.1 Å². The fraction of sp³-hybridized carbons (Fsp3) is 0.889. The summed E-state index contributed by atoms with van der Waals surface area (Å²) >= 11 is 0. The van der Waals surface area contributed by atoms with E-state index in [1.165, 1.54) is 0 Å². The first-order chi connectivity index (χ1) is 5.22. The van der Waals surface area contributed by atoms with Crippen LogP contribution < -0.4 is 5.32 Å². The predicted octanol–water partition coefficient (Wildman–Crippen LogP) is 1.60. The fourth-order valence-corrected chi connectivity index (χ4v) is 1.02. The molecule has 66 valence electrons. The van der Waals surface area contributed by atoms with Crippen LogP contribution in [0.4, 0.5) is 0 Å². The van der Waals surface area contributed by atoms with Crippen LogP contribution in [0.25, 0.3) is 0 Å². The first-order valence-electron chi connectivity index (χ1n) is 4.39. The molecule has 0 saturated heterocycles. The Hall–Kier alpha value is -0.370. The van der Waals surface area contributed by atoms with Crippen LogP contribution in [0.5, 0.6) is 0 Å². The molecule has 0 heterocycles. The zero-order valence-corrected chi connectivity index (χ0v) is 7.81. The van der Waals surface area contributed by atoms with Crippen LogP contribution in [0.15, 0.2) is 0 Å². The lowest BCUT2D eigenvalue weighted by atomic mass is 10.0. The Morgan fingerprint density at radius 3 is 2.64 bits per heavy atom. The average Bonchev–Trinajstić information content (AvgIpc) is 2.00. The van der Waals surface area contributed by atoms with E-state index in [2.05, 4.69) is 12.2 Å². The molecule has 0 aliphatic carbocycles. The number of nitrogens with one attached hydrogen (secondary N) is 1. The van der Waals surface area contributed by atoms with Gasteiger partial charge < -0.3 is 5.32 Å². The van der Waals surface area contributed by atoms with E-state index in [4.69, 9.17) is 0 Å². The third-order valence-corrected chi connectivity index (χ3v) is 1.84. The first kappa shape index (κ1) is 10.6. The molecule has 0 amide bonds. The van der Waals surface area contributed by atoms with Gasteiger partial charge in [-0.2, -0.15) is 0 Å². The number of rotatable bonds is 6. The van der Waals surface area contributed by atoms with Crippen LogP contribution in [-0.4, -0.2) is 19.4 Å². The molecule has 2 heteroatoms. The van der Waals surface area contributed by atoms with E-state index in [-0.39, 0.29) is 5.92 Å². The summed E-state index contributed by atoms with van der Waals surface area (Å²) in [6, 6.07) is 0. The van der Waals surface area contributed by atoms with Gasteiger partial charge in [-0.3, -0.25) is 4.79 Å². The highest BCUT2D eigenvalue weighted by atomic mass is 16.1. The Balaban J connectivity index is 3.47. The lowest BCUT2D eigenvalue weighted by Gasteiger charge is -2.08. The van der Waals surface area contributed by atoms with Crippen molar-refractivity contribution in [2.45, 2.75) is 33.1 Å². The van der Waals surface area contributed by atoms with Gasteiger partial charge in [-0.1, -0.05) is 20.3 Å². The number of ketones is 1. The Morgan fingerprint density at radius 1 is 1.55 bits per heavy atom. The molecular formula is C9H19NO. The lowest BCUT2D eigenvalue weighted by Crippen LogP contribution is -2.23. The summed E-state index contributed by atoms with van der Waals surface area (Å²) in [6.07, 6.45) is 2.89. The van der Waals surface area contributed by atoms with Gasteiger partial charge in [-0.25, -0.2) is 0 Å². The SMILES string of the molecule is CCCCC(=O)C(C)CNC. The maximum Gasteiger partial charge on any atom is 0.136 e. The Labute approximate surface area is 69.4 Å². The zero-order valence-electron chi connectivity index (χ0n) is 7.81. The van der Waals surface area contributed by atoms with Gasteiger partial charge in [0.05, 0.1) is 0 Å². The minimum absolute atomic E-state index is 0.187. The van der Waals surface area contributed by atoms with Crippen molar-refractivity contribution in [1.82, 2.24) is 5.32 Å². The van der Waals surface area contributed by atoms with E-state index >= 15 is 0 Å². The van der Waals surface area contributed by atoms with Crippen LogP contribution in [0, 0.1) is 5.92 Å². The molecule has 0 aromatic carbocycles. The van der Waals surface area contributed by atoms with Crippen molar-refractivity contribution in [3.8, 4) is 0 Å². The molecule has 0 aliphatic rings. The van der Waals surface area contributed by atoms with Gasteiger partial charge in [0.25, 0.3) is 0 Å². The summed E-state index contributed by atoms with van der Waals surface area (Å²) in [5, 5.41) is 3.00. The molecule has 1 unspecified atom stereocenters. The van der Waals surface area contributed by atoms with Crippen molar-refractivity contribution < 1.29 is 4.79 Å². The summed E-state index contributed by atoms with van der Waals surface area (Å²) in [5.74, 6) is 0.577. The van der Waals surface area contributed by atoms with Gasteiger partial charge in [0.1, 0.15) is 5.78 Å². The standard InChI is InChI=1S/C9H19NO/c1-4-5-6-9(11)8(2)7-10-3/h8,10H,4-7H2,1-3H3. The second kappa shape index (κ2) is 6.35. The number of carbonyl (C=O) groups excluding carboxylic acids is 1. The molecule has 0 fully saturated rings. The Kier molecular flexibility index (Phi) is 6.13.